The van der Waals surface area contributed by atoms with E-state index in [4.69, 9.17) is 33.7 Å². The summed E-state index contributed by atoms with van der Waals surface area (Å²) < 4.78 is 6.50. The van der Waals surface area contributed by atoms with Crippen molar-refractivity contribution in [2.24, 2.45) is 0 Å². The van der Waals surface area contributed by atoms with E-state index >= 15 is 0 Å². The Hall–Kier alpha value is -1.72. The number of nitrogen functional groups attached to an aromatic ring is 1. The first-order chi connectivity index (χ1) is 9.04. The SMILES string of the molecule is Nc1ccn(CC(=O)OCc2ccc(Cl)cc2Cl)n1. The molecule has 1 aromatic heterocycles. The van der Waals surface area contributed by atoms with Gasteiger partial charge >= 0.3 is 5.97 Å². The number of carbonyl (C=O) groups excluding carboxylic acids is 1. The molecule has 0 bridgehead atoms. The van der Waals surface area contributed by atoms with Crippen molar-refractivity contribution in [3.05, 3.63) is 46.1 Å². The van der Waals surface area contributed by atoms with Crippen molar-refractivity contribution in [1.82, 2.24) is 9.78 Å². The number of anilines is 1. The second-order valence-electron chi connectivity index (χ2n) is 3.83. The molecule has 100 valence electrons. The number of benzene rings is 1. The van der Waals surface area contributed by atoms with Crippen LogP contribution in [0.25, 0.3) is 0 Å². The second-order valence-corrected chi connectivity index (χ2v) is 4.68. The van der Waals surface area contributed by atoms with Gasteiger partial charge in [0.2, 0.25) is 0 Å². The van der Waals surface area contributed by atoms with Crippen molar-refractivity contribution in [2.45, 2.75) is 13.2 Å². The van der Waals surface area contributed by atoms with E-state index < -0.39 is 5.97 Å². The maximum absolute atomic E-state index is 11.6. The minimum Gasteiger partial charge on any atom is -0.459 e. The normalized spacial score (nSPS) is 10.4. The van der Waals surface area contributed by atoms with Crippen molar-refractivity contribution >= 4 is 35.0 Å². The van der Waals surface area contributed by atoms with Gasteiger partial charge in [-0.1, -0.05) is 29.3 Å². The summed E-state index contributed by atoms with van der Waals surface area (Å²) in [6.45, 7) is 0.0913. The van der Waals surface area contributed by atoms with Gasteiger partial charge in [-0.05, 0) is 18.2 Å². The fraction of sp³-hybridized carbons (Fsp3) is 0.167. The summed E-state index contributed by atoms with van der Waals surface area (Å²) in [5, 5.41) is 4.88. The van der Waals surface area contributed by atoms with Gasteiger partial charge in [0, 0.05) is 21.8 Å². The van der Waals surface area contributed by atoms with Gasteiger partial charge in [-0.15, -0.1) is 0 Å². The summed E-state index contributed by atoms with van der Waals surface area (Å²) >= 11 is 11.7. The minimum absolute atomic E-state index is 0.00239. The van der Waals surface area contributed by atoms with Gasteiger partial charge in [-0.2, -0.15) is 5.10 Å². The third kappa shape index (κ3) is 3.87. The predicted octanol–water partition coefficient (Wildman–Crippen LogP) is 2.52. The highest BCUT2D eigenvalue weighted by Gasteiger charge is 2.08. The lowest BCUT2D eigenvalue weighted by Gasteiger charge is -2.07. The zero-order valence-corrected chi connectivity index (χ0v) is 11.4. The van der Waals surface area contributed by atoms with E-state index in [2.05, 4.69) is 5.10 Å². The molecular weight excluding hydrogens is 289 g/mol. The van der Waals surface area contributed by atoms with Crippen molar-refractivity contribution in [3.8, 4) is 0 Å². The summed E-state index contributed by atoms with van der Waals surface area (Å²) in [6, 6.07) is 6.60. The minimum atomic E-state index is -0.422. The maximum Gasteiger partial charge on any atom is 0.328 e. The third-order valence-corrected chi connectivity index (χ3v) is 2.94. The first-order valence-electron chi connectivity index (χ1n) is 5.43. The Labute approximate surface area is 119 Å². The highest BCUT2D eigenvalue weighted by molar-refractivity contribution is 6.35. The molecule has 0 amide bonds. The lowest BCUT2D eigenvalue weighted by Crippen LogP contribution is -2.14. The largest absolute Gasteiger partial charge is 0.459 e. The number of aromatic nitrogens is 2. The van der Waals surface area contributed by atoms with E-state index in [9.17, 15) is 4.79 Å². The van der Waals surface area contributed by atoms with Gasteiger partial charge in [-0.25, -0.2) is 0 Å². The molecule has 0 unspecified atom stereocenters. The van der Waals surface area contributed by atoms with Gasteiger partial charge in [0.05, 0.1) is 0 Å². The van der Waals surface area contributed by atoms with Crippen molar-refractivity contribution in [1.29, 1.82) is 0 Å². The van der Waals surface area contributed by atoms with Crippen LogP contribution in [-0.2, 0) is 22.7 Å². The van der Waals surface area contributed by atoms with Crippen molar-refractivity contribution in [3.63, 3.8) is 0 Å². The number of esters is 1. The number of rotatable bonds is 4. The molecule has 0 saturated heterocycles. The van der Waals surface area contributed by atoms with Crippen LogP contribution in [-0.4, -0.2) is 15.7 Å². The number of nitrogens with two attached hydrogens (primary N) is 1. The molecule has 0 radical (unpaired) electrons. The first-order valence-corrected chi connectivity index (χ1v) is 6.18. The van der Waals surface area contributed by atoms with Crippen LogP contribution in [0, 0.1) is 0 Å². The molecule has 1 aromatic carbocycles. The highest BCUT2D eigenvalue weighted by atomic mass is 35.5. The van der Waals surface area contributed by atoms with Gasteiger partial charge in [-0.3, -0.25) is 9.48 Å². The molecule has 0 atom stereocenters. The Kier molecular flexibility index (Phi) is 4.29. The number of halogens is 2. The molecule has 0 aliphatic heterocycles. The monoisotopic (exact) mass is 299 g/mol. The van der Waals surface area contributed by atoms with Crippen LogP contribution >= 0.6 is 23.2 Å². The fourth-order valence-electron chi connectivity index (χ4n) is 1.44. The summed E-state index contributed by atoms with van der Waals surface area (Å²) in [6.07, 6.45) is 1.60. The van der Waals surface area contributed by atoms with Crippen molar-refractivity contribution in [2.75, 3.05) is 5.73 Å². The lowest BCUT2D eigenvalue weighted by molar-refractivity contribution is -0.145. The average Bonchev–Trinajstić information content (AvgIpc) is 2.73. The molecular formula is C12H11Cl2N3O2. The van der Waals surface area contributed by atoms with Crippen LogP contribution in [0.1, 0.15) is 5.56 Å². The standard InChI is InChI=1S/C12H11Cl2N3O2/c13-9-2-1-8(10(14)5-9)7-19-12(18)6-17-4-3-11(15)16-17/h1-5H,6-7H2,(H2,15,16). The Morgan fingerprint density at radius 3 is 2.79 bits per heavy atom. The Bertz CT molecular complexity index is 598. The molecule has 0 aliphatic carbocycles. The molecule has 0 spiro atoms. The molecule has 5 nitrogen and oxygen atoms in total. The van der Waals surface area contributed by atoms with E-state index in [-0.39, 0.29) is 13.2 Å². The molecule has 2 aromatic rings. The number of ether oxygens (including phenoxy) is 1. The van der Waals surface area contributed by atoms with Crippen LogP contribution in [0.3, 0.4) is 0 Å². The fourth-order valence-corrected chi connectivity index (χ4v) is 1.90. The summed E-state index contributed by atoms with van der Waals surface area (Å²) in [7, 11) is 0. The Morgan fingerprint density at radius 2 is 2.16 bits per heavy atom. The van der Waals surface area contributed by atoms with E-state index in [0.717, 1.165) is 0 Å². The Morgan fingerprint density at radius 1 is 1.37 bits per heavy atom. The first kappa shape index (κ1) is 13.7. The summed E-state index contributed by atoms with van der Waals surface area (Å²) in [5.41, 5.74) is 6.13. The summed E-state index contributed by atoms with van der Waals surface area (Å²) in [5.74, 6) is -0.0670. The molecule has 0 fully saturated rings. The van der Waals surface area contributed by atoms with Crippen LogP contribution in [0.15, 0.2) is 30.5 Å². The number of hydrogen-bond acceptors (Lipinski definition) is 4. The number of nitrogens with zero attached hydrogens (tertiary/aromatic N) is 2. The van der Waals surface area contributed by atoms with E-state index in [1.165, 1.54) is 4.68 Å². The van der Waals surface area contributed by atoms with Crippen LogP contribution in [0.5, 0.6) is 0 Å². The Balaban J connectivity index is 1.89. The van der Waals surface area contributed by atoms with Crippen LogP contribution < -0.4 is 5.73 Å². The average molecular weight is 300 g/mol. The molecule has 1 heterocycles. The highest BCUT2D eigenvalue weighted by Crippen LogP contribution is 2.21. The number of hydrogen-bond donors (Lipinski definition) is 1. The van der Waals surface area contributed by atoms with E-state index in [1.54, 1.807) is 30.5 Å². The van der Waals surface area contributed by atoms with Crippen LogP contribution in [0.2, 0.25) is 10.0 Å². The zero-order chi connectivity index (χ0) is 13.8. The summed E-state index contributed by atoms with van der Waals surface area (Å²) in [4.78, 5) is 11.6. The van der Waals surface area contributed by atoms with Gasteiger partial charge in [0.15, 0.2) is 0 Å². The van der Waals surface area contributed by atoms with Gasteiger partial charge in [0.1, 0.15) is 19.0 Å². The van der Waals surface area contributed by atoms with Crippen molar-refractivity contribution < 1.29 is 9.53 Å². The smallest absolute Gasteiger partial charge is 0.328 e. The quantitative estimate of drug-likeness (QED) is 0.881. The predicted molar refractivity (Wildman–Crippen MR) is 72.9 cm³/mol. The van der Waals surface area contributed by atoms with Crippen LogP contribution in [0.4, 0.5) is 5.82 Å². The second kappa shape index (κ2) is 5.95. The third-order valence-electron chi connectivity index (χ3n) is 2.36. The lowest BCUT2D eigenvalue weighted by atomic mass is 10.2. The topological polar surface area (TPSA) is 70.1 Å². The van der Waals surface area contributed by atoms with Gasteiger partial charge < -0.3 is 10.5 Å². The molecule has 2 N–H and O–H groups in total. The number of carbonyl (C=O) groups is 1. The zero-order valence-electron chi connectivity index (χ0n) is 9.85. The maximum atomic E-state index is 11.6. The molecule has 0 aliphatic rings. The van der Waals surface area contributed by atoms with E-state index in [1.807, 2.05) is 0 Å². The van der Waals surface area contributed by atoms with E-state index in [0.29, 0.717) is 21.4 Å². The molecule has 2 rings (SSSR count). The molecule has 19 heavy (non-hydrogen) atoms. The molecule has 7 heteroatoms. The molecule has 0 saturated carbocycles. The van der Waals surface area contributed by atoms with Gasteiger partial charge in [0.25, 0.3) is 0 Å².